The van der Waals surface area contributed by atoms with Gasteiger partial charge in [0.25, 0.3) is 5.91 Å². The quantitative estimate of drug-likeness (QED) is 0.707. The van der Waals surface area contributed by atoms with Crippen molar-refractivity contribution in [3.8, 4) is 0 Å². The van der Waals surface area contributed by atoms with Gasteiger partial charge in [0.1, 0.15) is 0 Å². The Morgan fingerprint density at radius 3 is 2.31 bits per heavy atom. The van der Waals surface area contributed by atoms with Gasteiger partial charge in [-0.25, -0.2) is 0 Å². The van der Waals surface area contributed by atoms with E-state index in [1.165, 1.54) is 0 Å². The van der Waals surface area contributed by atoms with E-state index in [1.807, 2.05) is 5.32 Å². The molecular formula is C24H29F3N2O3. The van der Waals surface area contributed by atoms with Crippen LogP contribution in [-0.2, 0) is 20.8 Å². The van der Waals surface area contributed by atoms with Gasteiger partial charge in [0.2, 0.25) is 11.4 Å². The number of alkyl halides is 3. The zero-order chi connectivity index (χ0) is 23.9. The monoisotopic (exact) mass is 450 g/mol. The number of hydrogen-bond acceptors (Lipinski definition) is 3. The van der Waals surface area contributed by atoms with Crippen molar-refractivity contribution in [1.29, 1.82) is 0 Å². The standard InChI is InChI=1S/C24H29F3N2O3/c1-15(2)14-29-17-12-22(3,4)13-18(30)20(17)23(21(29)32,24(25,26)27)28-19(31)11-10-16-8-6-5-7-9-16/h5-9,15H,10-14H2,1-4H3,(H,28,31). The van der Waals surface area contributed by atoms with Crippen LogP contribution in [-0.4, -0.2) is 40.8 Å². The number of amides is 2. The van der Waals surface area contributed by atoms with Crippen LogP contribution < -0.4 is 5.32 Å². The van der Waals surface area contributed by atoms with Crippen molar-refractivity contribution in [3.05, 3.63) is 47.2 Å². The second-order valence-electron chi connectivity index (χ2n) is 9.85. The summed E-state index contributed by atoms with van der Waals surface area (Å²) in [5.74, 6) is -3.07. The van der Waals surface area contributed by atoms with Gasteiger partial charge in [0.15, 0.2) is 5.78 Å². The first-order valence-electron chi connectivity index (χ1n) is 10.8. The van der Waals surface area contributed by atoms with Crippen molar-refractivity contribution in [1.82, 2.24) is 10.2 Å². The molecule has 0 spiro atoms. The lowest BCUT2D eigenvalue weighted by Crippen LogP contribution is -2.66. The molecule has 1 N–H and O–H groups in total. The predicted octanol–water partition coefficient (Wildman–Crippen LogP) is 4.18. The second kappa shape index (κ2) is 8.37. The molecule has 1 unspecified atom stereocenters. The summed E-state index contributed by atoms with van der Waals surface area (Å²) in [4.78, 5) is 40.1. The van der Waals surface area contributed by atoms with Crippen LogP contribution in [0.1, 0.15) is 52.5 Å². The van der Waals surface area contributed by atoms with Gasteiger partial charge in [0, 0.05) is 25.1 Å². The summed E-state index contributed by atoms with van der Waals surface area (Å²) >= 11 is 0. The fourth-order valence-corrected chi connectivity index (χ4v) is 4.56. The van der Waals surface area contributed by atoms with Crippen molar-refractivity contribution in [2.24, 2.45) is 11.3 Å². The van der Waals surface area contributed by atoms with Gasteiger partial charge in [-0.2, -0.15) is 13.2 Å². The first-order chi connectivity index (χ1) is 14.8. The summed E-state index contributed by atoms with van der Waals surface area (Å²) in [7, 11) is 0. The van der Waals surface area contributed by atoms with Crippen LogP contribution in [0.25, 0.3) is 0 Å². The number of rotatable bonds is 6. The molecule has 32 heavy (non-hydrogen) atoms. The summed E-state index contributed by atoms with van der Waals surface area (Å²) in [5, 5.41) is 1.98. The third-order valence-corrected chi connectivity index (χ3v) is 5.90. The number of hydrogen-bond donors (Lipinski definition) is 1. The lowest BCUT2D eigenvalue weighted by molar-refractivity contribution is -0.194. The predicted molar refractivity (Wildman–Crippen MR) is 113 cm³/mol. The van der Waals surface area contributed by atoms with E-state index < -0.39 is 40.3 Å². The van der Waals surface area contributed by atoms with Crippen LogP contribution in [0.15, 0.2) is 41.6 Å². The minimum absolute atomic E-state index is 0.0404. The highest BCUT2D eigenvalue weighted by atomic mass is 19.4. The zero-order valence-electron chi connectivity index (χ0n) is 18.8. The van der Waals surface area contributed by atoms with Crippen molar-refractivity contribution < 1.29 is 27.6 Å². The van der Waals surface area contributed by atoms with Gasteiger partial charge >= 0.3 is 6.18 Å². The number of benzene rings is 1. The summed E-state index contributed by atoms with van der Waals surface area (Å²) in [5.41, 5.74) is -3.64. The van der Waals surface area contributed by atoms with Crippen LogP contribution >= 0.6 is 0 Å². The molecular weight excluding hydrogens is 421 g/mol. The molecule has 1 atom stereocenters. The van der Waals surface area contributed by atoms with E-state index >= 15 is 0 Å². The molecule has 3 rings (SSSR count). The smallest absolute Gasteiger partial charge is 0.330 e. The van der Waals surface area contributed by atoms with E-state index in [4.69, 9.17) is 0 Å². The highest BCUT2D eigenvalue weighted by molar-refractivity contribution is 6.13. The molecule has 2 amide bonds. The van der Waals surface area contributed by atoms with Gasteiger partial charge in [-0.05, 0) is 29.7 Å². The maximum atomic E-state index is 14.6. The fraction of sp³-hybridized carbons (Fsp3) is 0.542. The van der Waals surface area contributed by atoms with Crippen molar-refractivity contribution in [3.63, 3.8) is 0 Å². The molecule has 1 aliphatic heterocycles. The highest BCUT2D eigenvalue weighted by Gasteiger charge is 2.71. The number of Topliss-reactive ketones (excluding diaryl/α,β-unsaturated/α-hetero) is 1. The molecule has 1 aliphatic carbocycles. The number of ketones is 1. The molecule has 0 fully saturated rings. The molecule has 8 heteroatoms. The van der Waals surface area contributed by atoms with Gasteiger partial charge in [-0.1, -0.05) is 58.0 Å². The maximum Gasteiger partial charge on any atom is 0.425 e. The van der Waals surface area contributed by atoms with Gasteiger partial charge in [-0.15, -0.1) is 0 Å². The fourth-order valence-electron chi connectivity index (χ4n) is 4.56. The first-order valence-corrected chi connectivity index (χ1v) is 10.8. The minimum atomic E-state index is -5.16. The lowest BCUT2D eigenvalue weighted by atomic mass is 9.72. The molecule has 0 bridgehead atoms. The minimum Gasteiger partial charge on any atom is -0.330 e. The number of nitrogens with zero attached hydrogens (tertiary/aromatic N) is 1. The van der Waals surface area contributed by atoms with E-state index in [0.717, 1.165) is 10.5 Å². The van der Waals surface area contributed by atoms with E-state index in [2.05, 4.69) is 0 Å². The summed E-state index contributed by atoms with van der Waals surface area (Å²) in [6.45, 7) is 7.20. The second-order valence-corrected chi connectivity index (χ2v) is 9.85. The van der Waals surface area contributed by atoms with Gasteiger partial charge in [0.05, 0.1) is 5.57 Å². The zero-order valence-corrected chi connectivity index (χ0v) is 18.8. The molecule has 1 heterocycles. The molecule has 2 aliphatic rings. The molecule has 5 nitrogen and oxygen atoms in total. The lowest BCUT2D eigenvalue weighted by Gasteiger charge is -2.35. The summed E-state index contributed by atoms with van der Waals surface area (Å²) < 4.78 is 43.8. The molecule has 0 saturated carbocycles. The average Bonchev–Trinajstić information content (AvgIpc) is 2.89. The molecule has 0 radical (unpaired) electrons. The van der Waals surface area contributed by atoms with Crippen molar-refractivity contribution in [2.45, 2.75) is 65.1 Å². The third kappa shape index (κ3) is 4.32. The number of carbonyl (C=O) groups excluding carboxylic acids is 3. The highest BCUT2D eigenvalue weighted by Crippen LogP contribution is 2.51. The Morgan fingerprint density at radius 2 is 1.75 bits per heavy atom. The van der Waals surface area contributed by atoms with Crippen LogP contribution in [0.3, 0.4) is 0 Å². The molecule has 0 aromatic heterocycles. The Bertz CT molecular complexity index is 951. The maximum absolute atomic E-state index is 14.6. The molecule has 1 aromatic rings. The molecule has 174 valence electrons. The largest absolute Gasteiger partial charge is 0.425 e. The van der Waals surface area contributed by atoms with E-state index in [-0.39, 0.29) is 43.8 Å². The van der Waals surface area contributed by atoms with Crippen molar-refractivity contribution in [2.75, 3.05) is 6.54 Å². The topological polar surface area (TPSA) is 66.5 Å². The number of aryl methyl sites for hydroxylation is 1. The number of carbonyl (C=O) groups is 3. The van der Waals surface area contributed by atoms with Crippen LogP contribution in [0, 0.1) is 11.3 Å². The number of halogens is 3. The Hall–Kier alpha value is -2.64. The Kier molecular flexibility index (Phi) is 6.28. The third-order valence-electron chi connectivity index (χ3n) is 5.90. The van der Waals surface area contributed by atoms with E-state index in [1.54, 1.807) is 58.0 Å². The number of allylic oxidation sites excluding steroid dienone is 1. The average molecular weight is 451 g/mol. The Morgan fingerprint density at radius 1 is 1.12 bits per heavy atom. The van der Waals surface area contributed by atoms with Crippen molar-refractivity contribution >= 4 is 17.6 Å². The van der Waals surface area contributed by atoms with E-state index in [0.29, 0.717) is 0 Å². The van der Waals surface area contributed by atoms with Crippen LogP contribution in [0.4, 0.5) is 13.2 Å². The number of nitrogens with one attached hydrogen (secondary N) is 1. The Balaban J connectivity index is 2.02. The van der Waals surface area contributed by atoms with Gasteiger partial charge < -0.3 is 10.2 Å². The van der Waals surface area contributed by atoms with E-state index in [9.17, 15) is 27.6 Å². The summed E-state index contributed by atoms with van der Waals surface area (Å²) in [6, 6.07) is 8.88. The molecule has 0 saturated heterocycles. The normalized spacial score (nSPS) is 23.1. The summed E-state index contributed by atoms with van der Waals surface area (Å²) in [6.07, 6.45) is -5.13. The Labute approximate surface area is 186 Å². The first kappa shape index (κ1) is 24.0. The van der Waals surface area contributed by atoms with Gasteiger partial charge in [-0.3, -0.25) is 14.4 Å². The molecule has 1 aromatic carbocycles. The van der Waals surface area contributed by atoms with Crippen LogP contribution in [0.2, 0.25) is 0 Å². The van der Waals surface area contributed by atoms with Crippen LogP contribution in [0.5, 0.6) is 0 Å². The SMILES string of the molecule is CC(C)CN1C(=O)C(NC(=O)CCc2ccccc2)(C(F)(F)F)C2=C1CC(C)(C)CC2=O.